The normalized spacial score (nSPS) is 14.4. The topological polar surface area (TPSA) is 144 Å². The van der Waals surface area contributed by atoms with E-state index in [0.717, 1.165) is 18.9 Å². The van der Waals surface area contributed by atoms with Crippen LogP contribution in [0.25, 0.3) is 10.9 Å². The quantitative estimate of drug-likeness (QED) is 0.309. The lowest BCUT2D eigenvalue weighted by molar-refractivity contribution is -0.430. The minimum atomic E-state index is -4.00. The molecule has 0 spiro atoms. The molecule has 0 radical (unpaired) electrons. The number of halogens is 1. The first-order valence-corrected chi connectivity index (χ1v) is 13.0. The van der Waals surface area contributed by atoms with E-state index in [0.29, 0.717) is 29.8 Å². The van der Waals surface area contributed by atoms with Gasteiger partial charge < -0.3 is 10.1 Å². The van der Waals surface area contributed by atoms with Crippen LogP contribution in [-0.2, 0) is 14.6 Å². The zero-order valence-corrected chi connectivity index (χ0v) is 20.3. The molecular weight excluding hydrogens is 501 g/mol. The number of sulfone groups is 1. The molecule has 10 nitrogen and oxygen atoms in total. The molecule has 0 unspecified atom stereocenters. The molecule has 1 amide bonds. The van der Waals surface area contributed by atoms with Gasteiger partial charge in [-0.15, -0.1) is 4.91 Å². The van der Waals surface area contributed by atoms with Gasteiger partial charge in [0.25, 0.3) is 0 Å². The molecule has 4 aromatic rings. The molecule has 3 aromatic carbocycles. The molecule has 37 heavy (non-hydrogen) atoms. The summed E-state index contributed by atoms with van der Waals surface area (Å²) >= 11 is 0. The number of ether oxygens (including phenoxy) is 1. The van der Waals surface area contributed by atoms with Crippen LogP contribution < -0.4 is 15.7 Å². The third kappa shape index (κ3) is 5.06. The minimum Gasteiger partial charge on any atom is -0.381 e. The van der Waals surface area contributed by atoms with E-state index in [1.165, 1.54) is 48.5 Å². The van der Waals surface area contributed by atoms with Gasteiger partial charge in [-0.2, -0.15) is 5.10 Å². The number of carbonyl (C=O) groups is 1. The predicted molar refractivity (Wildman–Crippen MR) is 134 cm³/mol. The molecule has 1 aromatic heterocycles. The van der Waals surface area contributed by atoms with Crippen molar-refractivity contribution >= 4 is 43.8 Å². The predicted octanol–water partition coefficient (Wildman–Crippen LogP) is 4.20. The number of hydrogen-bond donors (Lipinski definition) is 3. The molecule has 0 bridgehead atoms. The fraction of sp³-hybridized carbons (Fsp3) is 0.200. The number of nitrogens with zero attached hydrogens (tertiary/aromatic N) is 1. The highest BCUT2D eigenvalue weighted by Crippen LogP contribution is 2.29. The van der Waals surface area contributed by atoms with Gasteiger partial charge >= 0.3 is 11.7 Å². The van der Waals surface area contributed by atoms with Crippen LogP contribution in [0.15, 0.2) is 75.6 Å². The van der Waals surface area contributed by atoms with Gasteiger partial charge in [-0.25, -0.2) is 28.0 Å². The highest BCUT2D eigenvalue weighted by atomic mass is 32.2. The van der Waals surface area contributed by atoms with Crippen LogP contribution in [0.3, 0.4) is 0 Å². The smallest absolute Gasteiger partial charge is 0.341 e. The van der Waals surface area contributed by atoms with Crippen LogP contribution in [0, 0.1) is 10.7 Å². The van der Waals surface area contributed by atoms with Crippen molar-refractivity contribution in [2.75, 3.05) is 23.8 Å². The molecule has 12 heteroatoms. The summed E-state index contributed by atoms with van der Waals surface area (Å²) in [6, 6.07) is 13.7. The van der Waals surface area contributed by atoms with E-state index in [9.17, 15) is 22.5 Å². The molecule has 1 aliphatic rings. The van der Waals surface area contributed by atoms with Crippen molar-refractivity contribution in [2.45, 2.75) is 28.7 Å². The van der Waals surface area contributed by atoms with Crippen molar-refractivity contribution in [3.8, 4) is 0 Å². The Balaban J connectivity index is 1.46. The highest BCUT2D eigenvalue weighted by molar-refractivity contribution is 7.91. The molecule has 1 fully saturated rings. The van der Waals surface area contributed by atoms with Crippen LogP contribution in [-0.4, -0.2) is 38.7 Å². The van der Waals surface area contributed by atoms with Gasteiger partial charge in [0.2, 0.25) is 9.84 Å². The summed E-state index contributed by atoms with van der Waals surface area (Å²) in [4.78, 5) is 24.1. The van der Waals surface area contributed by atoms with Crippen LogP contribution in [0.4, 0.5) is 21.6 Å². The first-order chi connectivity index (χ1) is 17.8. The number of aromatic nitrogens is 2. The Morgan fingerprint density at radius 1 is 1.05 bits per heavy atom. The second-order valence-corrected chi connectivity index (χ2v) is 10.5. The van der Waals surface area contributed by atoms with Gasteiger partial charge in [-0.3, -0.25) is 0 Å². The number of H-pyrrole nitrogens is 2. The van der Waals surface area contributed by atoms with Crippen LogP contribution in [0.5, 0.6) is 0 Å². The fourth-order valence-electron chi connectivity index (χ4n) is 4.22. The minimum absolute atomic E-state index is 0.0580. The Kier molecular flexibility index (Phi) is 6.68. The van der Waals surface area contributed by atoms with Crippen molar-refractivity contribution in [1.82, 2.24) is 5.10 Å². The highest BCUT2D eigenvalue weighted by Gasteiger charge is 2.25. The Hall–Kier alpha value is -4.16. The number of nitroso groups, excluding NO2 is 1. The molecule has 4 N–H and O–H groups in total. The SMILES string of the molecule is O=Nc1ccc(C(=O)Nc2[nH+][nH]c3ccc(S(=O)(=O)c4cccc(F)c4)cc23)c(NC2CCOCC2)c1. The van der Waals surface area contributed by atoms with E-state index in [4.69, 9.17) is 4.74 Å². The molecule has 0 saturated carbocycles. The maximum absolute atomic E-state index is 13.7. The van der Waals surface area contributed by atoms with E-state index in [1.54, 1.807) is 6.07 Å². The lowest BCUT2D eigenvalue weighted by atomic mass is 10.1. The number of aromatic amines is 2. The van der Waals surface area contributed by atoms with Crippen molar-refractivity contribution < 1.29 is 27.4 Å². The number of rotatable bonds is 7. The van der Waals surface area contributed by atoms with Crippen molar-refractivity contribution in [1.29, 1.82) is 0 Å². The monoisotopic (exact) mass is 524 g/mol. The van der Waals surface area contributed by atoms with Crippen LogP contribution in [0.2, 0.25) is 0 Å². The maximum atomic E-state index is 13.7. The number of carbonyl (C=O) groups excluding carboxylic acids is 1. The Morgan fingerprint density at radius 3 is 2.59 bits per heavy atom. The first-order valence-electron chi connectivity index (χ1n) is 11.5. The Bertz CT molecular complexity index is 1600. The molecule has 2 heterocycles. The largest absolute Gasteiger partial charge is 0.381 e. The van der Waals surface area contributed by atoms with Crippen molar-refractivity contribution in [2.24, 2.45) is 5.18 Å². The number of amides is 1. The summed E-state index contributed by atoms with van der Waals surface area (Å²) in [5.41, 5.74) is 1.47. The summed E-state index contributed by atoms with van der Waals surface area (Å²) < 4.78 is 45.2. The van der Waals surface area contributed by atoms with Crippen LogP contribution >= 0.6 is 0 Å². The summed E-state index contributed by atoms with van der Waals surface area (Å²) in [7, 11) is -4.00. The molecule has 190 valence electrons. The van der Waals surface area contributed by atoms with Gasteiger partial charge in [-0.1, -0.05) is 6.07 Å². The molecule has 1 saturated heterocycles. The number of nitrogens with one attached hydrogen (secondary N) is 4. The number of anilines is 2. The first kappa shape index (κ1) is 24.5. The van der Waals surface area contributed by atoms with E-state index in [-0.39, 0.29) is 32.9 Å². The maximum Gasteiger partial charge on any atom is 0.341 e. The molecule has 5 rings (SSSR count). The van der Waals surface area contributed by atoms with Gasteiger partial charge in [-0.05, 0) is 72.6 Å². The summed E-state index contributed by atoms with van der Waals surface area (Å²) in [6.45, 7) is 1.19. The molecule has 0 aliphatic carbocycles. The third-order valence-electron chi connectivity index (χ3n) is 6.17. The number of fused-ring (bicyclic) bond motifs is 1. The van der Waals surface area contributed by atoms with Gasteiger partial charge in [0, 0.05) is 19.3 Å². The zero-order valence-electron chi connectivity index (χ0n) is 19.5. The van der Waals surface area contributed by atoms with Gasteiger partial charge in [0.1, 0.15) is 11.5 Å². The van der Waals surface area contributed by atoms with E-state index < -0.39 is 21.6 Å². The fourth-order valence-corrected chi connectivity index (χ4v) is 5.54. The Labute approximate surface area is 211 Å². The third-order valence-corrected chi connectivity index (χ3v) is 7.92. The van der Waals surface area contributed by atoms with E-state index in [2.05, 4.69) is 26.0 Å². The standard InChI is InChI=1S/C25H22FN5O5S/c26-15-2-1-3-18(12-15)37(34,35)19-5-7-22-21(14-19)24(30-29-22)28-25(32)20-6-4-17(31-33)13-23(20)27-16-8-10-36-11-9-16/h1-7,12-14,16,27H,8-11H2,(H2,28,29,30,32)/p+1. The van der Waals surface area contributed by atoms with E-state index >= 15 is 0 Å². The summed E-state index contributed by atoms with van der Waals surface area (Å²) in [6.07, 6.45) is 1.50. The zero-order chi connectivity index (χ0) is 26.0. The molecule has 1 aliphatic heterocycles. The average Bonchev–Trinajstić information content (AvgIpc) is 3.31. The molecular formula is C25H23FN5O5S+. The van der Waals surface area contributed by atoms with Gasteiger partial charge in [0.05, 0.1) is 31.9 Å². The molecule has 0 atom stereocenters. The van der Waals surface area contributed by atoms with Crippen LogP contribution in [0.1, 0.15) is 23.2 Å². The Morgan fingerprint density at radius 2 is 1.84 bits per heavy atom. The average molecular weight is 525 g/mol. The second kappa shape index (κ2) is 10.1. The van der Waals surface area contributed by atoms with Crippen molar-refractivity contribution in [3.63, 3.8) is 0 Å². The number of hydrogen-bond acceptors (Lipinski definition) is 7. The second-order valence-electron chi connectivity index (χ2n) is 8.60. The lowest BCUT2D eigenvalue weighted by Crippen LogP contribution is -2.29. The lowest BCUT2D eigenvalue weighted by Gasteiger charge is -2.25. The van der Waals surface area contributed by atoms with Gasteiger partial charge in [0.15, 0.2) is 0 Å². The summed E-state index contributed by atoms with van der Waals surface area (Å²) in [5, 5.41) is 15.2. The summed E-state index contributed by atoms with van der Waals surface area (Å²) in [5.74, 6) is -0.903. The van der Waals surface area contributed by atoms with E-state index in [1.807, 2.05) is 0 Å². The van der Waals surface area contributed by atoms with Crippen molar-refractivity contribution in [3.05, 3.63) is 77.0 Å². The number of benzene rings is 3.